The maximum atomic E-state index is 5.76. The topological polar surface area (TPSA) is 39.1 Å². The Bertz CT molecular complexity index is 505. The first-order valence-electron chi connectivity index (χ1n) is 7.25. The zero-order chi connectivity index (χ0) is 14.2. The lowest BCUT2D eigenvalue weighted by molar-refractivity contribution is 0.306. The molecule has 0 atom stereocenters. The lowest BCUT2D eigenvalue weighted by Gasteiger charge is -2.07. The number of aromatic nitrogens is 2. The van der Waals surface area contributed by atoms with Crippen molar-refractivity contribution in [3.63, 3.8) is 0 Å². The molecule has 4 heteroatoms. The van der Waals surface area contributed by atoms with Crippen molar-refractivity contribution in [3.8, 4) is 5.75 Å². The van der Waals surface area contributed by atoms with Gasteiger partial charge in [0.1, 0.15) is 12.4 Å². The summed E-state index contributed by atoms with van der Waals surface area (Å²) in [5, 5.41) is 7.62. The van der Waals surface area contributed by atoms with Crippen molar-refractivity contribution in [2.75, 3.05) is 6.54 Å². The van der Waals surface area contributed by atoms with E-state index in [9.17, 15) is 0 Å². The summed E-state index contributed by atoms with van der Waals surface area (Å²) in [7, 11) is 0. The second kappa shape index (κ2) is 7.70. The number of ether oxygens (including phenoxy) is 1. The largest absolute Gasteiger partial charge is 0.489 e. The molecule has 4 nitrogen and oxygen atoms in total. The third-order valence-electron chi connectivity index (χ3n) is 3.10. The van der Waals surface area contributed by atoms with E-state index in [1.165, 1.54) is 5.56 Å². The molecule has 1 aromatic carbocycles. The minimum atomic E-state index is 0.563. The Balaban J connectivity index is 1.81. The summed E-state index contributed by atoms with van der Waals surface area (Å²) in [6, 6.07) is 8.25. The average molecular weight is 273 g/mol. The lowest BCUT2D eigenvalue weighted by atomic mass is 10.2. The first kappa shape index (κ1) is 14.6. The van der Waals surface area contributed by atoms with Gasteiger partial charge in [0.15, 0.2) is 0 Å². The number of benzene rings is 1. The Morgan fingerprint density at radius 3 is 2.60 bits per heavy atom. The van der Waals surface area contributed by atoms with Crippen LogP contribution in [0.4, 0.5) is 0 Å². The van der Waals surface area contributed by atoms with Crippen LogP contribution in [0.5, 0.6) is 5.75 Å². The molecule has 0 aliphatic rings. The third-order valence-corrected chi connectivity index (χ3v) is 3.10. The van der Waals surface area contributed by atoms with Crippen molar-refractivity contribution < 1.29 is 4.74 Å². The van der Waals surface area contributed by atoms with Gasteiger partial charge in [-0.15, -0.1) is 0 Å². The Hall–Kier alpha value is -1.81. The summed E-state index contributed by atoms with van der Waals surface area (Å²) in [4.78, 5) is 0. The van der Waals surface area contributed by atoms with E-state index < -0.39 is 0 Å². The molecule has 0 fully saturated rings. The Morgan fingerprint density at radius 2 is 1.95 bits per heavy atom. The molecule has 1 N–H and O–H groups in total. The highest BCUT2D eigenvalue weighted by Gasteiger charge is 2.00. The summed E-state index contributed by atoms with van der Waals surface area (Å²) >= 11 is 0. The molecule has 0 saturated heterocycles. The van der Waals surface area contributed by atoms with Crippen molar-refractivity contribution >= 4 is 0 Å². The third kappa shape index (κ3) is 4.38. The molecule has 0 aliphatic heterocycles. The standard InChI is InChI=1S/C16H23N3O/c1-3-9-17-10-14-5-7-16(8-6-14)20-13-15-11-18-19(4-2)12-15/h5-8,11-12,17H,3-4,9-10,13H2,1-2H3. The molecule has 0 bridgehead atoms. The quantitative estimate of drug-likeness (QED) is 0.752. The molecule has 0 amide bonds. The molecule has 0 unspecified atom stereocenters. The van der Waals surface area contributed by atoms with Gasteiger partial charge < -0.3 is 10.1 Å². The smallest absolute Gasteiger partial charge is 0.119 e. The molecule has 20 heavy (non-hydrogen) atoms. The Labute approximate surface area is 120 Å². The van der Waals surface area contributed by atoms with Gasteiger partial charge in [0.2, 0.25) is 0 Å². The number of rotatable bonds is 8. The molecule has 0 saturated carbocycles. The van der Waals surface area contributed by atoms with Crippen LogP contribution in [0.3, 0.4) is 0 Å². The van der Waals surface area contributed by atoms with Crippen molar-refractivity contribution in [1.82, 2.24) is 15.1 Å². The van der Waals surface area contributed by atoms with Crippen LogP contribution in [0.1, 0.15) is 31.4 Å². The summed E-state index contributed by atoms with van der Waals surface area (Å²) < 4.78 is 7.66. The predicted molar refractivity (Wildman–Crippen MR) is 80.7 cm³/mol. The monoisotopic (exact) mass is 273 g/mol. The molecule has 0 aliphatic carbocycles. The fourth-order valence-electron chi connectivity index (χ4n) is 1.93. The summed E-state index contributed by atoms with van der Waals surface area (Å²) in [6.45, 7) is 7.66. The van der Waals surface area contributed by atoms with E-state index in [4.69, 9.17) is 4.74 Å². The van der Waals surface area contributed by atoms with Crippen LogP contribution in [0, 0.1) is 0 Å². The fourth-order valence-corrected chi connectivity index (χ4v) is 1.93. The average Bonchev–Trinajstić information content (AvgIpc) is 2.95. The van der Waals surface area contributed by atoms with Gasteiger partial charge >= 0.3 is 0 Å². The van der Waals surface area contributed by atoms with E-state index in [2.05, 4.69) is 36.4 Å². The SMILES string of the molecule is CCCNCc1ccc(OCc2cnn(CC)c2)cc1. The van der Waals surface area contributed by atoms with Gasteiger partial charge in [-0.1, -0.05) is 19.1 Å². The van der Waals surface area contributed by atoms with Gasteiger partial charge in [-0.25, -0.2) is 0 Å². The predicted octanol–water partition coefficient (Wildman–Crippen LogP) is 2.98. The van der Waals surface area contributed by atoms with Crippen LogP contribution in [0.2, 0.25) is 0 Å². The number of nitrogens with one attached hydrogen (secondary N) is 1. The second-order valence-corrected chi connectivity index (χ2v) is 4.81. The zero-order valence-corrected chi connectivity index (χ0v) is 12.3. The van der Waals surface area contributed by atoms with Crippen LogP contribution < -0.4 is 10.1 Å². The van der Waals surface area contributed by atoms with Gasteiger partial charge in [-0.3, -0.25) is 4.68 Å². The Morgan fingerprint density at radius 1 is 1.15 bits per heavy atom. The van der Waals surface area contributed by atoms with Gasteiger partial charge in [-0.05, 0) is 37.6 Å². The lowest BCUT2D eigenvalue weighted by Crippen LogP contribution is -2.13. The fraction of sp³-hybridized carbons (Fsp3) is 0.438. The van der Waals surface area contributed by atoms with Gasteiger partial charge in [-0.2, -0.15) is 5.10 Å². The van der Waals surface area contributed by atoms with E-state index in [0.717, 1.165) is 37.4 Å². The van der Waals surface area contributed by atoms with Gasteiger partial charge in [0, 0.05) is 24.8 Å². The number of hydrogen-bond acceptors (Lipinski definition) is 3. The van der Waals surface area contributed by atoms with Gasteiger partial charge in [0.05, 0.1) is 6.20 Å². The first-order chi connectivity index (χ1) is 9.81. The second-order valence-electron chi connectivity index (χ2n) is 4.81. The summed E-state index contributed by atoms with van der Waals surface area (Å²) in [5.41, 5.74) is 2.38. The molecule has 1 heterocycles. The highest BCUT2D eigenvalue weighted by molar-refractivity contribution is 5.27. The van der Waals surface area contributed by atoms with E-state index in [1.54, 1.807) is 0 Å². The molecular formula is C16H23N3O. The minimum absolute atomic E-state index is 0.563. The normalized spacial score (nSPS) is 10.7. The zero-order valence-electron chi connectivity index (χ0n) is 12.3. The molecule has 0 spiro atoms. The van der Waals surface area contributed by atoms with Crippen molar-refractivity contribution in [3.05, 3.63) is 47.8 Å². The molecule has 0 radical (unpaired) electrons. The minimum Gasteiger partial charge on any atom is -0.489 e. The summed E-state index contributed by atoms with van der Waals surface area (Å²) in [5.74, 6) is 0.897. The van der Waals surface area contributed by atoms with Crippen molar-refractivity contribution in [2.24, 2.45) is 0 Å². The molecular weight excluding hydrogens is 250 g/mol. The van der Waals surface area contributed by atoms with Crippen LogP contribution in [-0.4, -0.2) is 16.3 Å². The Kier molecular flexibility index (Phi) is 5.62. The molecule has 1 aromatic heterocycles. The molecule has 108 valence electrons. The van der Waals surface area contributed by atoms with Crippen LogP contribution in [0.25, 0.3) is 0 Å². The number of hydrogen-bond donors (Lipinski definition) is 1. The number of nitrogens with zero attached hydrogens (tertiary/aromatic N) is 2. The molecule has 2 aromatic rings. The maximum absolute atomic E-state index is 5.76. The highest BCUT2D eigenvalue weighted by atomic mass is 16.5. The van der Waals surface area contributed by atoms with E-state index in [1.807, 2.05) is 29.2 Å². The highest BCUT2D eigenvalue weighted by Crippen LogP contribution is 2.14. The first-order valence-corrected chi connectivity index (χ1v) is 7.25. The van der Waals surface area contributed by atoms with E-state index >= 15 is 0 Å². The van der Waals surface area contributed by atoms with Crippen LogP contribution >= 0.6 is 0 Å². The van der Waals surface area contributed by atoms with Crippen LogP contribution in [0.15, 0.2) is 36.7 Å². The van der Waals surface area contributed by atoms with Crippen molar-refractivity contribution in [2.45, 2.75) is 40.0 Å². The summed E-state index contributed by atoms with van der Waals surface area (Å²) in [6.07, 6.45) is 5.03. The van der Waals surface area contributed by atoms with Crippen molar-refractivity contribution in [1.29, 1.82) is 0 Å². The molecule has 2 rings (SSSR count). The van der Waals surface area contributed by atoms with Gasteiger partial charge in [0.25, 0.3) is 0 Å². The van der Waals surface area contributed by atoms with Crippen LogP contribution in [-0.2, 0) is 19.7 Å². The van der Waals surface area contributed by atoms with E-state index in [-0.39, 0.29) is 0 Å². The number of aryl methyl sites for hydroxylation is 1. The maximum Gasteiger partial charge on any atom is 0.119 e. The van der Waals surface area contributed by atoms with E-state index in [0.29, 0.717) is 6.61 Å².